The topological polar surface area (TPSA) is 53.0 Å². The second kappa shape index (κ2) is 8.49. The lowest BCUT2D eigenvalue weighted by molar-refractivity contribution is -0.139. The van der Waals surface area contributed by atoms with Gasteiger partial charge in [-0.15, -0.1) is 0 Å². The predicted molar refractivity (Wildman–Crippen MR) is 95.5 cm³/mol. The van der Waals surface area contributed by atoms with Crippen molar-refractivity contribution in [1.82, 2.24) is 9.80 Å². The molecule has 5 heteroatoms. The first-order valence-electron chi connectivity index (χ1n) is 8.81. The van der Waals surface area contributed by atoms with Crippen LogP contribution in [0.25, 0.3) is 0 Å². The molecule has 1 heterocycles. The molecule has 0 saturated carbocycles. The molecule has 1 aromatic rings. The zero-order chi connectivity index (χ0) is 17.7. The fraction of sp³-hybridized carbons (Fsp3) is 0.632. The molecular formula is C19H30N2O3. The number of benzene rings is 1. The van der Waals surface area contributed by atoms with Crippen molar-refractivity contribution >= 4 is 5.91 Å². The van der Waals surface area contributed by atoms with Crippen molar-refractivity contribution in [2.24, 2.45) is 0 Å². The fourth-order valence-corrected chi connectivity index (χ4v) is 3.05. The lowest BCUT2D eigenvalue weighted by atomic mass is 10.0. The van der Waals surface area contributed by atoms with Gasteiger partial charge in [0.1, 0.15) is 5.75 Å². The number of hydrogen-bond acceptors (Lipinski definition) is 4. The highest BCUT2D eigenvalue weighted by atomic mass is 16.5. The summed E-state index contributed by atoms with van der Waals surface area (Å²) in [5.41, 5.74) is 2.26. The molecule has 1 fully saturated rings. The lowest BCUT2D eigenvalue weighted by Gasteiger charge is -2.35. The number of aliphatic hydroxyl groups excluding tert-OH is 1. The Labute approximate surface area is 145 Å². The van der Waals surface area contributed by atoms with Crippen LogP contribution in [0.5, 0.6) is 5.75 Å². The van der Waals surface area contributed by atoms with Gasteiger partial charge in [-0.1, -0.05) is 26.0 Å². The van der Waals surface area contributed by atoms with E-state index in [0.717, 1.165) is 30.0 Å². The molecule has 1 N–H and O–H groups in total. The molecule has 0 bridgehead atoms. The van der Waals surface area contributed by atoms with Crippen molar-refractivity contribution < 1.29 is 14.6 Å². The average molecular weight is 334 g/mol. The van der Waals surface area contributed by atoms with E-state index in [-0.39, 0.29) is 12.5 Å². The molecule has 1 saturated heterocycles. The first-order chi connectivity index (χ1) is 11.4. The summed E-state index contributed by atoms with van der Waals surface area (Å²) in [4.78, 5) is 16.7. The third-order valence-electron chi connectivity index (χ3n) is 4.54. The minimum atomic E-state index is -0.492. The second-order valence-corrected chi connectivity index (χ2v) is 6.85. The van der Waals surface area contributed by atoms with Gasteiger partial charge in [0.25, 0.3) is 5.91 Å². The quantitative estimate of drug-likeness (QED) is 0.865. The van der Waals surface area contributed by atoms with Crippen LogP contribution < -0.4 is 4.74 Å². The number of aliphatic hydroxyl groups is 1. The minimum absolute atomic E-state index is 0.0369. The molecule has 2 rings (SSSR count). The zero-order valence-corrected chi connectivity index (χ0v) is 15.3. The summed E-state index contributed by atoms with van der Waals surface area (Å²) in [6.07, 6.45) is -0.492. The highest BCUT2D eigenvalue weighted by Crippen LogP contribution is 2.28. The normalized spacial score (nSPS) is 17.2. The highest BCUT2D eigenvalue weighted by Gasteiger charge is 2.26. The van der Waals surface area contributed by atoms with Gasteiger partial charge in [0, 0.05) is 32.7 Å². The lowest BCUT2D eigenvalue weighted by Crippen LogP contribution is -2.52. The first kappa shape index (κ1) is 18.7. The Kier molecular flexibility index (Phi) is 6.63. The number of aryl methyl sites for hydroxylation is 1. The molecule has 0 aliphatic carbocycles. The highest BCUT2D eigenvalue weighted by molar-refractivity contribution is 5.81. The van der Waals surface area contributed by atoms with Crippen LogP contribution in [-0.2, 0) is 4.79 Å². The molecule has 1 atom stereocenters. The van der Waals surface area contributed by atoms with Crippen molar-refractivity contribution in [2.45, 2.75) is 39.7 Å². The van der Waals surface area contributed by atoms with Gasteiger partial charge in [-0.3, -0.25) is 9.69 Å². The summed E-state index contributed by atoms with van der Waals surface area (Å²) >= 11 is 0. The van der Waals surface area contributed by atoms with Crippen molar-refractivity contribution in [3.63, 3.8) is 0 Å². The molecule has 1 unspecified atom stereocenters. The number of rotatable bonds is 6. The molecule has 5 nitrogen and oxygen atoms in total. The van der Waals surface area contributed by atoms with Gasteiger partial charge in [-0.05, 0) is 37.0 Å². The van der Waals surface area contributed by atoms with Crippen LogP contribution >= 0.6 is 0 Å². The summed E-state index contributed by atoms with van der Waals surface area (Å²) in [7, 11) is 0. The SMILES string of the molecule is Cc1ccc(C(C)C)c(OC(C)C(=O)N2CCN(CCO)CC2)c1. The van der Waals surface area contributed by atoms with Crippen LogP contribution in [0, 0.1) is 6.92 Å². The Morgan fingerprint density at radius 2 is 1.88 bits per heavy atom. The van der Waals surface area contributed by atoms with Crippen molar-refractivity contribution in [3.05, 3.63) is 29.3 Å². The molecule has 24 heavy (non-hydrogen) atoms. The molecule has 1 amide bonds. The Morgan fingerprint density at radius 1 is 1.21 bits per heavy atom. The molecule has 0 radical (unpaired) electrons. The van der Waals surface area contributed by atoms with E-state index in [9.17, 15) is 4.79 Å². The van der Waals surface area contributed by atoms with Crippen molar-refractivity contribution in [3.8, 4) is 5.75 Å². The maximum absolute atomic E-state index is 12.7. The van der Waals surface area contributed by atoms with E-state index in [1.165, 1.54) is 0 Å². The zero-order valence-electron chi connectivity index (χ0n) is 15.3. The van der Waals surface area contributed by atoms with Gasteiger partial charge in [-0.2, -0.15) is 0 Å². The third kappa shape index (κ3) is 4.71. The van der Waals surface area contributed by atoms with Gasteiger partial charge < -0.3 is 14.7 Å². The number of carbonyl (C=O) groups is 1. The van der Waals surface area contributed by atoms with E-state index in [1.807, 2.05) is 24.8 Å². The number of piperazine rings is 1. The van der Waals surface area contributed by atoms with Crippen LogP contribution in [0.3, 0.4) is 0 Å². The standard InChI is InChI=1S/C19H30N2O3/c1-14(2)17-6-5-15(3)13-18(17)24-16(4)19(23)21-9-7-20(8-10-21)11-12-22/h5-6,13-14,16,22H,7-12H2,1-4H3. The molecule has 0 aromatic heterocycles. The van der Waals surface area contributed by atoms with E-state index >= 15 is 0 Å². The third-order valence-corrected chi connectivity index (χ3v) is 4.54. The molecule has 134 valence electrons. The summed E-state index contributed by atoms with van der Waals surface area (Å²) in [5, 5.41) is 9.00. The molecule has 0 spiro atoms. The van der Waals surface area contributed by atoms with E-state index in [1.54, 1.807) is 0 Å². The van der Waals surface area contributed by atoms with Crippen molar-refractivity contribution in [2.75, 3.05) is 39.3 Å². The number of β-amino-alcohol motifs (C(OH)–C–C–N with tert-alkyl or cyclic N) is 1. The first-order valence-corrected chi connectivity index (χ1v) is 8.81. The monoisotopic (exact) mass is 334 g/mol. The van der Waals surface area contributed by atoms with Gasteiger partial charge in [-0.25, -0.2) is 0 Å². The van der Waals surface area contributed by atoms with Gasteiger partial charge in [0.15, 0.2) is 6.10 Å². The number of carbonyl (C=O) groups excluding carboxylic acids is 1. The van der Waals surface area contributed by atoms with Gasteiger partial charge in [0.2, 0.25) is 0 Å². The van der Waals surface area contributed by atoms with Gasteiger partial charge in [0.05, 0.1) is 6.61 Å². The average Bonchev–Trinajstić information content (AvgIpc) is 2.55. The van der Waals surface area contributed by atoms with Gasteiger partial charge >= 0.3 is 0 Å². The molecule has 1 aliphatic heterocycles. The molecular weight excluding hydrogens is 304 g/mol. The number of amides is 1. The van der Waals surface area contributed by atoms with Crippen LogP contribution in [0.4, 0.5) is 0 Å². The number of hydrogen-bond donors (Lipinski definition) is 1. The minimum Gasteiger partial charge on any atom is -0.481 e. The predicted octanol–water partition coefficient (Wildman–Crippen LogP) is 2.02. The Morgan fingerprint density at radius 3 is 2.46 bits per heavy atom. The largest absolute Gasteiger partial charge is 0.481 e. The smallest absolute Gasteiger partial charge is 0.263 e. The van der Waals surface area contributed by atoms with E-state index in [2.05, 4.69) is 30.9 Å². The van der Waals surface area contributed by atoms with Crippen molar-refractivity contribution in [1.29, 1.82) is 0 Å². The Balaban J connectivity index is 1.99. The summed E-state index contributed by atoms with van der Waals surface area (Å²) in [6.45, 7) is 12.0. The Bertz CT molecular complexity index is 552. The van der Waals surface area contributed by atoms with Crippen LogP contribution in [0.15, 0.2) is 18.2 Å². The number of nitrogens with zero attached hydrogens (tertiary/aromatic N) is 2. The maximum Gasteiger partial charge on any atom is 0.263 e. The van der Waals surface area contributed by atoms with Crippen LogP contribution in [0.2, 0.25) is 0 Å². The maximum atomic E-state index is 12.7. The molecule has 1 aliphatic rings. The van der Waals surface area contributed by atoms with E-state index in [4.69, 9.17) is 9.84 Å². The van der Waals surface area contributed by atoms with E-state index in [0.29, 0.717) is 25.6 Å². The van der Waals surface area contributed by atoms with E-state index < -0.39 is 6.10 Å². The molecule has 1 aromatic carbocycles. The van der Waals surface area contributed by atoms with Crippen LogP contribution in [-0.4, -0.2) is 66.2 Å². The Hall–Kier alpha value is -1.59. The summed E-state index contributed by atoms with van der Waals surface area (Å²) in [6, 6.07) is 6.17. The van der Waals surface area contributed by atoms with Crippen LogP contribution in [0.1, 0.15) is 37.8 Å². The summed E-state index contributed by atoms with van der Waals surface area (Å²) < 4.78 is 6.03. The summed E-state index contributed by atoms with van der Waals surface area (Å²) in [5.74, 6) is 1.20. The second-order valence-electron chi connectivity index (χ2n) is 6.85. The fourth-order valence-electron chi connectivity index (χ4n) is 3.05. The number of ether oxygens (including phenoxy) is 1.